The molecule has 1 N–H and O–H groups in total. The van der Waals surface area contributed by atoms with Crippen molar-refractivity contribution in [2.75, 3.05) is 0 Å². The summed E-state index contributed by atoms with van der Waals surface area (Å²) >= 11 is 0. The van der Waals surface area contributed by atoms with Gasteiger partial charge in [0, 0.05) is 6.20 Å². The molecule has 5 atom stereocenters. The zero-order valence-electron chi connectivity index (χ0n) is 10.6. The summed E-state index contributed by atoms with van der Waals surface area (Å²) in [5, 5.41) is 17.6. The van der Waals surface area contributed by atoms with Crippen molar-refractivity contribution in [1.29, 1.82) is 0 Å². The van der Waals surface area contributed by atoms with Gasteiger partial charge in [0.25, 0.3) is 0 Å². The summed E-state index contributed by atoms with van der Waals surface area (Å²) in [5.74, 6) is -0.683. The largest absolute Gasteiger partial charge is 0.391 e. The number of fused-ring (bicyclic) bond motifs is 1. The van der Waals surface area contributed by atoms with Crippen LogP contribution in [0.25, 0.3) is 0 Å². The lowest BCUT2D eigenvalue weighted by atomic mass is 10.0. The molecule has 3 rings (SSSR count). The van der Waals surface area contributed by atoms with Gasteiger partial charge in [-0.2, -0.15) is 0 Å². The first-order chi connectivity index (χ1) is 8.48. The summed E-state index contributed by atoms with van der Waals surface area (Å²) in [7, 11) is 0. The van der Waals surface area contributed by atoms with Crippen molar-refractivity contribution in [3.63, 3.8) is 0 Å². The molecule has 2 saturated heterocycles. The van der Waals surface area contributed by atoms with Crippen molar-refractivity contribution in [2.24, 2.45) is 0 Å². The molecule has 0 saturated carbocycles. The lowest BCUT2D eigenvalue weighted by Crippen LogP contribution is -2.37. The first kappa shape index (κ1) is 12.0. The zero-order chi connectivity index (χ0) is 12.9. The zero-order valence-corrected chi connectivity index (χ0v) is 10.6. The highest BCUT2D eigenvalue weighted by Crippen LogP contribution is 2.43. The summed E-state index contributed by atoms with van der Waals surface area (Å²) in [6.45, 7) is 5.36. The van der Waals surface area contributed by atoms with Crippen molar-refractivity contribution in [3.8, 4) is 0 Å². The van der Waals surface area contributed by atoms with Gasteiger partial charge in [0.2, 0.25) is 0 Å². The minimum absolute atomic E-state index is 0.237. The number of aliphatic hydroxyl groups excluding tert-OH is 1. The molecule has 1 aromatic heterocycles. The number of aromatic nitrogens is 3. The van der Waals surface area contributed by atoms with Gasteiger partial charge in [0.1, 0.15) is 18.2 Å². The van der Waals surface area contributed by atoms with Crippen molar-refractivity contribution in [2.45, 2.75) is 57.2 Å². The fraction of sp³-hybridized carbons (Fsp3) is 0.818. The molecule has 18 heavy (non-hydrogen) atoms. The topological polar surface area (TPSA) is 78.6 Å². The Hall–Kier alpha value is -1.02. The van der Waals surface area contributed by atoms with Crippen LogP contribution in [-0.2, 0) is 14.2 Å². The van der Waals surface area contributed by atoms with E-state index in [2.05, 4.69) is 10.3 Å². The van der Waals surface area contributed by atoms with E-state index in [4.69, 9.17) is 14.2 Å². The second-order valence-electron chi connectivity index (χ2n) is 5.18. The van der Waals surface area contributed by atoms with E-state index in [1.165, 1.54) is 0 Å². The van der Waals surface area contributed by atoms with Gasteiger partial charge in [-0.25, -0.2) is 4.68 Å². The predicted octanol–water partition coefficient (Wildman–Crippen LogP) is 0.0764. The highest BCUT2D eigenvalue weighted by Gasteiger charge is 2.56. The normalized spacial score (nSPS) is 39.8. The van der Waals surface area contributed by atoms with Crippen LogP contribution >= 0.6 is 0 Å². The van der Waals surface area contributed by atoms with Gasteiger partial charge in [0.15, 0.2) is 12.1 Å². The molecule has 0 amide bonds. The quantitative estimate of drug-likeness (QED) is 0.806. The Morgan fingerprint density at radius 2 is 2.17 bits per heavy atom. The number of hydrogen-bond acceptors (Lipinski definition) is 6. The van der Waals surface area contributed by atoms with Crippen molar-refractivity contribution in [3.05, 3.63) is 12.4 Å². The maximum atomic E-state index is 9.81. The Morgan fingerprint density at radius 3 is 2.78 bits per heavy atom. The van der Waals surface area contributed by atoms with Crippen molar-refractivity contribution >= 4 is 0 Å². The maximum Gasteiger partial charge on any atom is 0.189 e. The van der Waals surface area contributed by atoms with Crippen LogP contribution in [0.1, 0.15) is 26.8 Å². The molecule has 0 radical (unpaired) electrons. The van der Waals surface area contributed by atoms with E-state index in [0.717, 1.165) is 0 Å². The highest BCUT2D eigenvalue weighted by molar-refractivity contribution is 4.98. The van der Waals surface area contributed by atoms with E-state index in [1.54, 1.807) is 24.0 Å². The highest BCUT2D eigenvalue weighted by atomic mass is 16.8. The van der Waals surface area contributed by atoms with Crippen LogP contribution in [-0.4, -0.2) is 50.5 Å². The molecule has 1 aromatic rings. The molecule has 0 aromatic carbocycles. The number of ether oxygens (including phenoxy) is 3. The van der Waals surface area contributed by atoms with E-state index in [9.17, 15) is 5.11 Å². The average Bonchev–Trinajstić information content (AvgIpc) is 2.89. The average molecular weight is 255 g/mol. The van der Waals surface area contributed by atoms with Gasteiger partial charge in [-0.15, -0.1) is 5.10 Å². The molecule has 7 heteroatoms. The fourth-order valence-corrected chi connectivity index (χ4v) is 2.59. The van der Waals surface area contributed by atoms with Crippen LogP contribution in [0.4, 0.5) is 0 Å². The minimum Gasteiger partial charge on any atom is -0.391 e. The Kier molecular flexibility index (Phi) is 2.67. The second-order valence-corrected chi connectivity index (χ2v) is 5.18. The van der Waals surface area contributed by atoms with Crippen LogP contribution < -0.4 is 0 Å². The molecule has 2 aliphatic rings. The van der Waals surface area contributed by atoms with Gasteiger partial charge in [-0.1, -0.05) is 5.21 Å². The van der Waals surface area contributed by atoms with Crippen molar-refractivity contribution < 1.29 is 19.3 Å². The predicted molar refractivity (Wildman–Crippen MR) is 59.4 cm³/mol. The summed E-state index contributed by atoms with van der Waals surface area (Å²) in [6, 6.07) is -0.237. The molecule has 0 bridgehead atoms. The molecule has 0 spiro atoms. The summed E-state index contributed by atoms with van der Waals surface area (Å²) in [5.41, 5.74) is 0. The standard InChI is InChI=1S/C11H17N3O4/c1-6(15)8-7(14-5-4-12-13-14)9-10(16-8)18-11(2,3)17-9/h4-10,15H,1-3H3/t6-,7+,8-,9-,10-/m1/s1. The van der Waals surface area contributed by atoms with Crippen LogP contribution in [0.2, 0.25) is 0 Å². The molecule has 0 aliphatic carbocycles. The molecular formula is C11H17N3O4. The van der Waals surface area contributed by atoms with E-state index < -0.39 is 24.3 Å². The number of aliphatic hydroxyl groups is 1. The first-order valence-corrected chi connectivity index (χ1v) is 6.03. The smallest absolute Gasteiger partial charge is 0.189 e. The van der Waals surface area contributed by atoms with Crippen LogP contribution in [0.15, 0.2) is 12.4 Å². The van der Waals surface area contributed by atoms with Gasteiger partial charge in [0.05, 0.1) is 12.3 Å². The Balaban J connectivity index is 1.91. The lowest BCUT2D eigenvalue weighted by Gasteiger charge is -2.26. The molecule has 7 nitrogen and oxygen atoms in total. The van der Waals surface area contributed by atoms with Crippen LogP contribution in [0, 0.1) is 0 Å². The fourth-order valence-electron chi connectivity index (χ4n) is 2.59. The van der Waals surface area contributed by atoms with E-state index in [0.29, 0.717) is 0 Å². The molecular weight excluding hydrogens is 238 g/mol. The summed E-state index contributed by atoms with van der Waals surface area (Å²) < 4.78 is 18.9. The van der Waals surface area contributed by atoms with Crippen LogP contribution in [0.5, 0.6) is 0 Å². The molecule has 0 unspecified atom stereocenters. The summed E-state index contributed by atoms with van der Waals surface area (Å²) in [6.07, 6.45) is 1.50. The maximum absolute atomic E-state index is 9.81. The van der Waals surface area contributed by atoms with E-state index >= 15 is 0 Å². The van der Waals surface area contributed by atoms with Gasteiger partial charge >= 0.3 is 0 Å². The third-order valence-corrected chi connectivity index (χ3v) is 3.27. The molecule has 2 fully saturated rings. The van der Waals surface area contributed by atoms with Gasteiger partial charge in [-0.05, 0) is 20.8 Å². The SMILES string of the molecule is C[C@@H](O)[C@H]1O[C@@H]2OC(C)(C)O[C@@H]2[C@H]1n1ccnn1. The van der Waals surface area contributed by atoms with Crippen LogP contribution in [0.3, 0.4) is 0 Å². The lowest BCUT2D eigenvalue weighted by molar-refractivity contribution is -0.218. The Bertz CT molecular complexity index is 420. The monoisotopic (exact) mass is 255 g/mol. The molecule has 2 aliphatic heterocycles. The Labute approximate surface area is 105 Å². The van der Waals surface area contributed by atoms with Crippen molar-refractivity contribution in [1.82, 2.24) is 15.0 Å². The third kappa shape index (κ3) is 1.83. The van der Waals surface area contributed by atoms with E-state index in [-0.39, 0.29) is 12.1 Å². The minimum atomic E-state index is -0.683. The summed E-state index contributed by atoms with van der Waals surface area (Å²) in [4.78, 5) is 0. The van der Waals surface area contributed by atoms with Gasteiger partial charge < -0.3 is 19.3 Å². The number of nitrogens with zero attached hydrogens (tertiary/aromatic N) is 3. The molecule has 100 valence electrons. The van der Waals surface area contributed by atoms with E-state index in [1.807, 2.05) is 13.8 Å². The third-order valence-electron chi connectivity index (χ3n) is 3.27. The molecule has 3 heterocycles. The Morgan fingerprint density at radius 1 is 1.39 bits per heavy atom. The number of rotatable bonds is 2. The van der Waals surface area contributed by atoms with Gasteiger partial charge in [-0.3, -0.25) is 0 Å². The first-order valence-electron chi connectivity index (χ1n) is 6.03. The number of hydrogen-bond donors (Lipinski definition) is 1. The second kappa shape index (κ2) is 3.99.